The zero-order valence-corrected chi connectivity index (χ0v) is 8.53. The van der Waals surface area contributed by atoms with Gasteiger partial charge in [0.25, 0.3) is 0 Å². The van der Waals surface area contributed by atoms with E-state index in [1.54, 1.807) is 0 Å². The van der Waals surface area contributed by atoms with Gasteiger partial charge in [0, 0.05) is 5.69 Å². The summed E-state index contributed by atoms with van der Waals surface area (Å²) >= 11 is 0. The van der Waals surface area contributed by atoms with E-state index < -0.39 is 0 Å². The van der Waals surface area contributed by atoms with E-state index in [-0.39, 0.29) is 5.92 Å². The average molecular weight is 188 g/mol. The molecule has 14 heavy (non-hydrogen) atoms. The molecule has 0 radical (unpaired) electrons. The van der Waals surface area contributed by atoms with Gasteiger partial charge >= 0.3 is 0 Å². The Labute approximate surface area is 85.4 Å². The van der Waals surface area contributed by atoms with Gasteiger partial charge in [-0.2, -0.15) is 5.26 Å². The Balaban J connectivity index is 2.80. The van der Waals surface area contributed by atoms with Crippen LogP contribution in [0.4, 0.5) is 5.69 Å². The van der Waals surface area contributed by atoms with E-state index in [0.29, 0.717) is 0 Å². The summed E-state index contributed by atoms with van der Waals surface area (Å²) in [4.78, 5) is 0. The summed E-state index contributed by atoms with van der Waals surface area (Å²) in [6.07, 6.45) is 3.10. The van der Waals surface area contributed by atoms with Crippen LogP contribution in [0.15, 0.2) is 24.3 Å². The maximum Gasteiger partial charge on any atom is 0.0732 e. The number of nitrogens with zero attached hydrogens (tertiary/aromatic N) is 1. The smallest absolute Gasteiger partial charge is 0.0732 e. The van der Waals surface area contributed by atoms with Crippen molar-refractivity contribution in [2.24, 2.45) is 0 Å². The number of nitriles is 1. The van der Waals surface area contributed by atoms with Crippen LogP contribution < -0.4 is 5.73 Å². The molecule has 0 fully saturated rings. The first-order valence-corrected chi connectivity index (χ1v) is 5.03. The first-order valence-electron chi connectivity index (χ1n) is 5.03. The van der Waals surface area contributed by atoms with E-state index in [4.69, 9.17) is 11.0 Å². The van der Waals surface area contributed by atoms with Crippen LogP contribution in [0, 0.1) is 11.3 Å². The highest BCUT2D eigenvalue weighted by molar-refractivity contribution is 5.50. The lowest BCUT2D eigenvalue weighted by Crippen LogP contribution is -2.00. The molecule has 0 aliphatic carbocycles. The van der Waals surface area contributed by atoms with Crippen LogP contribution >= 0.6 is 0 Å². The molecule has 1 atom stereocenters. The number of benzene rings is 1. The second kappa shape index (κ2) is 5.29. The summed E-state index contributed by atoms with van der Waals surface area (Å²) in [7, 11) is 0. The van der Waals surface area contributed by atoms with Crippen molar-refractivity contribution in [2.75, 3.05) is 5.73 Å². The van der Waals surface area contributed by atoms with E-state index in [0.717, 1.165) is 30.5 Å². The second-order valence-electron chi connectivity index (χ2n) is 3.45. The van der Waals surface area contributed by atoms with Gasteiger partial charge in [-0.25, -0.2) is 0 Å². The summed E-state index contributed by atoms with van der Waals surface area (Å²) < 4.78 is 0. The van der Waals surface area contributed by atoms with Crippen LogP contribution in [-0.2, 0) is 0 Å². The van der Waals surface area contributed by atoms with E-state index in [9.17, 15) is 0 Å². The zero-order valence-electron chi connectivity index (χ0n) is 8.53. The lowest BCUT2D eigenvalue weighted by atomic mass is 9.94. The zero-order chi connectivity index (χ0) is 10.4. The van der Waals surface area contributed by atoms with Gasteiger partial charge in [-0.15, -0.1) is 0 Å². The van der Waals surface area contributed by atoms with Gasteiger partial charge in [-0.05, 0) is 18.1 Å². The average Bonchev–Trinajstić information content (AvgIpc) is 2.21. The van der Waals surface area contributed by atoms with E-state index >= 15 is 0 Å². The maximum absolute atomic E-state index is 9.02. The van der Waals surface area contributed by atoms with Gasteiger partial charge in [0.05, 0.1) is 12.0 Å². The molecule has 0 spiro atoms. The number of para-hydroxylation sites is 1. The van der Waals surface area contributed by atoms with Gasteiger partial charge in [0.2, 0.25) is 0 Å². The van der Waals surface area contributed by atoms with Crippen LogP contribution in [0.25, 0.3) is 0 Å². The molecule has 0 bridgehead atoms. The fourth-order valence-corrected chi connectivity index (χ4v) is 1.53. The number of rotatable bonds is 4. The van der Waals surface area contributed by atoms with Crippen molar-refractivity contribution in [1.82, 2.24) is 0 Å². The normalized spacial score (nSPS) is 12.0. The summed E-state index contributed by atoms with van der Waals surface area (Å²) in [6.45, 7) is 2.13. The molecule has 0 heterocycles. The fourth-order valence-electron chi connectivity index (χ4n) is 1.53. The lowest BCUT2D eigenvalue weighted by Gasteiger charge is -2.10. The van der Waals surface area contributed by atoms with Crippen LogP contribution in [0.2, 0.25) is 0 Å². The Kier molecular flexibility index (Phi) is 4.00. The summed E-state index contributed by atoms with van der Waals surface area (Å²) in [5.41, 5.74) is 7.52. The third-order valence-electron chi connectivity index (χ3n) is 2.37. The lowest BCUT2D eigenvalue weighted by molar-refractivity contribution is 0.672. The van der Waals surface area contributed by atoms with Gasteiger partial charge in [-0.1, -0.05) is 38.0 Å². The van der Waals surface area contributed by atoms with Crippen molar-refractivity contribution >= 4 is 5.69 Å². The molecule has 1 aromatic carbocycles. The van der Waals surface area contributed by atoms with E-state index in [2.05, 4.69) is 13.0 Å². The molecule has 2 heteroatoms. The molecule has 74 valence electrons. The third-order valence-corrected chi connectivity index (χ3v) is 2.37. The first-order chi connectivity index (χ1) is 6.79. The molecule has 2 nitrogen and oxygen atoms in total. The number of nitrogens with two attached hydrogens (primary N) is 1. The van der Waals surface area contributed by atoms with Crippen LogP contribution in [-0.4, -0.2) is 0 Å². The van der Waals surface area contributed by atoms with Crippen molar-refractivity contribution in [1.29, 1.82) is 5.26 Å². The molecule has 0 saturated carbocycles. The van der Waals surface area contributed by atoms with Crippen molar-refractivity contribution in [3.8, 4) is 6.07 Å². The number of hydrogen-bond donors (Lipinski definition) is 1. The van der Waals surface area contributed by atoms with E-state index in [1.165, 1.54) is 0 Å². The van der Waals surface area contributed by atoms with Crippen molar-refractivity contribution in [3.63, 3.8) is 0 Å². The Morgan fingerprint density at radius 1 is 1.43 bits per heavy atom. The summed E-state index contributed by atoms with van der Waals surface area (Å²) in [5, 5.41) is 9.02. The Bertz CT molecular complexity index is 325. The fraction of sp³-hybridized carbons (Fsp3) is 0.417. The molecular weight excluding hydrogens is 172 g/mol. The number of hydrogen-bond acceptors (Lipinski definition) is 2. The highest BCUT2D eigenvalue weighted by atomic mass is 14.6. The molecule has 0 aromatic heterocycles. The number of unbranched alkanes of at least 4 members (excludes halogenated alkanes) is 1. The van der Waals surface area contributed by atoms with Gasteiger partial charge in [0.1, 0.15) is 0 Å². The molecule has 2 N–H and O–H groups in total. The van der Waals surface area contributed by atoms with Crippen molar-refractivity contribution < 1.29 is 0 Å². The standard InChI is InChI=1S/C12H16N2/c1-2-3-6-10(9-13)11-7-4-5-8-12(11)14/h4-5,7-8,10H,2-3,6,14H2,1H3. The summed E-state index contributed by atoms with van der Waals surface area (Å²) in [5.74, 6) is -0.0452. The van der Waals surface area contributed by atoms with Crippen LogP contribution in [0.1, 0.15) is 37.7 Å². The van der Waals surface area contributed by atoms with Crippen LogP contribution in [0.3, 0.4) is 0 Å². The SMILES string of the molecule is CCCCC(C#N)c1ccccc1N. The number of nitrogen functional groups attached to an aromatic ring is 1. The minimum Gasteiger partial charge on any atom is -0.398 e. The Hall–Kier alpha value is -1.49. The predicted molar refractivity (Wildman–Crippen MR) is 58.7 cm³/mol. The Morgan fingerprint density at radius 2 is 2.14 bits per heavy atom. The highest BCUT2D eigenvalue weighted by Crippen LogP contribution is 2.25. The molecule has 0 aliphatic rings. The molecule has 1 aromatic rings. The quantitative estimate of drug-likeness (QED) is 0.738. The first kappa shape index (κ1) is 10.6. The van der Waals surface area contributed by atoms with Gasteiger partial charge < -0.3 is 5.73 Å². The monoisotopic (exact) mass is 188 g/mol. The Morgan fingerprint density at radius 3 is 2.71 bits per heavy atom. The largest absolute Gasteiger partial charge is 0.398 e. The molecule has 0 amide bonds. The van der Waals surface area contributed by atoms with Crippen molar-refractivity contribution in [3.05, 3.63) is 29.8 Å². The number of anilines is 1. The topological polar surface area (TPSA) is 49.8 Å². The molecule has 1 unspecified atom stereocenters. The highest BCUT2D eigenvalue weighted by Gasteiger charge is 2.11. The van der Waals surface area contributed by atoms with Gasteiger partial charge in [-0.3, -0.25) is 0 Å². The molecule has 0 aliphatic heterocycles. The van der Waals surface area contributed by atoms with E-state index in [1.807, 2.05) is 24.3 Å². The summed E-state index contributed by atoms with van der Waals surface area (Å²) in [6, 6.07) is 9.94. The van der Waals surface area contributed by atoms with Gasteiger partial charge in [0.15, 0.2) is 0 Å². The minimum absolute atomic E-state index is 0.0452. The predicted octanol–water partition coefficient (Wildman–Crippen LogP) is 3.07. The third kappa shape index (κ3) is 2.50. The molecule has 0 saturated heterocycles. The maximum atomic E-state index is 9.02. The second-order valence-corrected chi connectivity index (χ2v) is 3.45. The molecule has 1 rings (SSSR count). The minimum atomic E-state index is -0.0452. The van der Waals surface area contributed by atoms with Crippen molar-refractivity contribution in [2.45, 2.75) is 32.1 Å². The van der Waals surface area contributed by atoms with Crippen LogP contribution in [0.5, 0.6) is 0 Å². The molecular formula is C12H16N2.